The quantitative estimate of drug-likeness (QED) is 0.139. The third-order valence-corrected chi connectivity index (χ3v) is 9.40. The number of benzene rings is 8. The van der Waals surface area contributed by atoms with Crippen LogP contribution in [0.2, 0.25) is 0 Å². The van der Waals surface area contributed by atoms with Crippen LogP contribution in [0.25, 0.3) is 65.4 Å². The van der Waals surface area contributed by atoms with Gasteiger partial charge < -0.3 is 0 Å². The Morgan fingerprint density at radius 3 is 1.70 bits per heavy atom. The first kappa shape index (κ1) is 27.8. The van der Waals surface area contributed by atoms with Crippen molar-refractivity contribution in [2.24, 2.45) is 0 Å². The van der Waals surface area contributed by atoms with Crippen LogP contribution in [0, 0.1) is 13.8 Å². The zero-order chi connectivity index (χ0) is 31.2. The van der Waals surface area contributed by atoms with E-state index in [2.05, 4.69) is 172 Å². The second-order valence-corrected chi connectivity index (χ2v) is 12.4. The third kappa shape index (κ3) is 4.80. The molecule has 0 fully saturated rings. The van der Waals surface area contributed by atoms with E-state index in [4.69, 9.17) is 6.58 Å². The Labute approximate surface area is 270 Å². The number of hydrogen-bond acceptors (Lipinski definition) is 0. The summed E-state index contributed by atoms with van der Waals surface area (Å²) in [6.45, 7) is 9.06. The summed E-state index contributed by atoms with van der Waals surface area (Å²) in [5.41, 5.74) is 10.7. The molecule has 0 nitrogen and oxygen atoms in total. The van der Waals surface area contributed by atoms with Crippen LogP contribution in [-0.4, -0.2) is 0 Å². The van der Waals surface area contributed by atoms with Gasteiger partial charge in [0.05, 0.1) is 0 Å². The lowest BCUT2D eigenvalue weighted by molar-refractivity contribution is 1.40. The van der Waals surface area contributed by atoms with Crippen molar-refractivity contribution in [3.63, 3.8) is 0 Å². The second-order valence-electron chi connectivity index (χ2n) is 12.4. The van der Waals surface area contributed by atoms with Crippen LogP contribution in [0.15, 0.2) is 164 Å². The highest BCUT2D eigenvalue weighted by atomic mass is 14.2. The standard InChI is InChI=1S/C46H34/c1-30-20-23-33(24-21-30)45(26-32(3)44-27-34-12-4-6-14-37(34)39-16-8-10-18-41(39)44)43-28-36(25-22-31(43)2)46-29-35-13-5-7-15-38(35)40-17-9-11-19-42(40)46/h4-29H,3H2,1-2H3/b45-26-. The van der Waals surface area contributed by atoms with Crippen molar-refractivity contribution in [2.45, 2.75) is 13.8 Å². The fraction of sp³-hybridized carbons (Fsp3) is 0.0435. The maximum absolute atomic E-state index is 4.70. The fourth-order valence-electron chi connectivity index (χ4n) is 6.99. The average molecular weight is 587 g/mol. The predicted molar refractivity (Wildman–Crippen MR) is 200 cm³/mol. The SMILES string of the molecule is C=C(/C=C(/c1ccc(C)cc1)c1cc(-c2cc3ccccc3c3ccccc23)ccc1C)c1cc2ccccc2c2ccccc12. The lowest BCUT2D eigenvalue weighted by atomic mass is 9.86. The highest BCUT2D eigenvalue weighted by Crippen LogP contribution is 2.39. The van der Waals surface area contributed by atoms with Gasteiger partial charge in [-0.05, 0) is 126 Å². The highest BCUT2D eigenvalue weighted by Gasteiger charge is 2.15. The van der Waals surface area contributed by atoms with Crippen molar-refractivity contribution in [3.8, 4) is 11.1 Å². The summed E-state index contributed by atoms with van der Waals surface area (Å²) in [7, 11) is 0. The van der Waals surface area contributed by atoms with E-state index in [-0.39, 0.29) is 0 Å². The number of rotatable bonds is 5. The first-order chi connectivity index (χ1) is 22.5. The smallest absolute Gasteiger partial charge is 0.00988 e. The monoisotopic (exact) mass is 586 g/mol. The van der Waals surface area contributed by atoms with Crippen LogP contribution >= 0.6 is 0 Å². The van der Waals surface area contributed by atoms with Crippen molar-refractivity contribution in [1.29, 1.82) is 0 Å². The molecule has 0 spiro atoms. The summed E-state index contributed by atoms with van der Waals surface area (Å²) in [6, 6.07) is 55.3. The molecule has 46 heavy (non-hydrogen) atoms. The molecule has 8 aromatic rings. The Bertz CT molecular complexity index is 2490. The van der Waals surface area contributed by atoms with E-state index < -0.39 is 0 Å². The highest BCUT2D eigenvalue weighted by molar-refractivity contribution is 6.15. The summed E-state index contributed by atoms with van der Waals surface area (Å²) in [6.07, 6.45) is 2.30. The largest absolute Gasteiger partial charge is 0.0911 e. The Kier molecular flexibility index (Phi) is 6.85. The van der Waals surface area contributed by atoms with Gasteiger partial charge in [-0.1, -0.05) is 146 Å². The molecule has 0 amide bonds. The number of fused-ring (bicyclic) bond motifs is 6. The lowest BCUT2D eigenvalue weighted by Gasteiger charge is -2.17. The molecule has 0 unspecified atom stereocenters. The summed E-state index contributed by atoms with van der Waals surface area (Å²) < 4.78 is 0. The molecule has 0 heteroatoms. The zero-order valence-electron chi connectivity index (χ0n) is 26.2. The van der Waals surface area contributed by atoms with Gasteiger partial charge in [-0.25, -0.2) is 0 Å². The van der Waals surface area contributed by atoms with E-state index in [1.54, 1.807) is 0 Å². The van der Waals surface area contributed by atoms with Gasteiger partial charge in [-0.3, -0.25) is 0 Å². The van der Waals surface area contributed by atoms with Gasteiger partial charge in [0.25, 0.3) is 0 Å². The Hall–Kier alpha value is -5.72. The molecular weight excluding hydrogens is 553 g/mol. The molecule has 0 saturated heterocycles. The minimum Gasteiger partial charge on any atom is -0.0911 e. The van der Waals surface area contributed by atoms with E-state index in [1.165, 1.54) is 82.0 Å². The maximum atomic E-state index is 4.70. The van der Waals surface area contributed by atoms with Gasteiger partial charge in [-0.2, -0.15) is 0 Å². The normalized spacial score (nSPS) is 11.9. The summed E-state index contributed by atoms with van der Waals surface area (Å²) in [4.78, 5) is 0. The van der Waals surface area contributed by atoms with Gasteiger partial charge >= 0.3 is 0 Å². The molecule has 0 radical (unpaired) electrons. The summed E-state index contributed by atoms with van der Waals surface area (Å²) in [5.74, 6) is 0. The van der Waals surface area contributed by atoms with Crippen molar-refractivity contribution in [3.05, 3.63) is 192 Å². The predicted octanol–water partition coefficient (Wildman–Crippen LogP) is 12.7. The van der Waals surface area contributed by atoms with E-state index in [0.717, 1.165) is 11.1 Å². The molecule has 0 saturated carbocycles. The topological polar surface area (TPSA) is 0 Å². The van der Waals surface area contributed by atoms with Crippen molar-refractivity contribution < 1.29 is 0 Å². The van der Waals surface area contributed by atoms with Crippen LogP contribution in [0.1, 0.15) is 27.8 Å². The van der Waals surface area contributed by atoms with Crippen LogP contribution in [0.3, 0.4) is 0 Å². The molecule has 218 valence electrons. The molecule has 0 aliphatic heterocycles. The molecule has 0 aliphatic rings. The van der Waals surface area contributed by atoms with Gasteiger partial charge in [0.2, 0.25) is 0 Å². The minimum atomic E-state index is 0.999. The van der Waals surface area contributed by atoms with Gasteiger partial charge in [-0.15, -0.1) is 0 Å². The fourth-order valence-corrected chi connectivity index (χ4v) is 6.99. The van der Waals surface area contributed by atoms with Crippen LogP contribution in [0.4, 0.5) is 0 Å². The molecule has 8 rings (SSSR count). The minimum absolute atomic E-state index is 0.999. The van der Waals surface area contributed by atoms with Crippen LogP contribution in [-0.2, 0) is 0 Å². The van der Waals surface area contributed by atoms with Crippen molar-refractivity contribution in [2.75, 3.05) is 0 Å². The van der Waals surface area contributed by atoms with Crippen molar-refractivity contribution in [1.82, 2.24) is 0 Å². The molecule has 0 aliphatic carbocycles. The summed E-state index contributed by atoms with van der Waals surface area (Å²) >= 11 is 0. The summed E-state index contributed by atoms with van der Waals surface area (Å²) in [5, 5.41) is 10.1. The van der Waals surface area contributed by atoms with Crippen LogP contribution < -0.4 is 0 Å². The van der Waals surface area contributed by atoms with E-state index in [1.807, 2.05) is 0 Å². The van der Waals surface area contributed by atoms with E-state index in [0.29, 0.717) is 0 Å². The number of hydrogen-bond donors (Lipinski definition) is 0. The average Bonchev–Trinajstić information content (AvgIpc) is 3.10. The van der Waals surface area contributed by atoms with Gasteiger partial charge in [0.15, 0.2) is 0 Å². The second kappa shape index (κ2) is 11.3. The number of aryl methyl sites for hydroxylation is 2. The molecule has 8 aromatic carbocycles. The zero-order valence-corrected chi connectivity index (χ0v) is 26.2. The Balaban J connectivity index is 1.35. The van der Waals surface area contributed by atoms with Gasteiger partial charge in [0.1, 0.15) is 0 Å². The van der Waals surface area contributed by atoms with Gasteiger partial charge in [0, 0.05) is 0 Å². The molecule has 0 heterocycles. The van der Waals surface area contributed by atoms with Crippen molar-refractivity contribution >= 4 is 54.2 Å². The number of allylic oxidation sites excluding steroid dienone is 2. The van der Waals surface area contributed by atoms with E-state index >= 15 is 0 Å². The lowest BCUT2D eigenvalue weighted by Crippen LogP contribution is -1.95. The molecule has 0 aromatic heterocycles. The first-order valence-corrected chi connectivity index (χ1v) is 16.0. The maximum Gasteiger partial charge on any atom is -0.00988 e. The van der Waals surface area contributed by atoms with E-state index in [9.17, 15) is 0 Å². The molecule has 0 atom stereocenters. The molecular formula is C46H34. The Morgan fingerprint density at radius 1 is 0.478 bits per heavy atom. The van der Waals surface area contributed by atoms with Crippen LogP contribution in [0.5, 0.6) is 0 Å². The first-order valence-electron chi connectivity index (χ1n) is 16.0. The molecule has 0 bridgehead atoms. The third-order valence-electron chi connectivity index (χ3n) is 9.40. The molecule has 0 N–H and O–H groups in total. The Morgan fingerprint density at radius 2 is 1.02 bits per heavy atom.